The highest BCUT2D eigenvalue weighted by atomic mass is 19.4. The Morgan fingerprint density at radius 2 is 2.26 bits per heavy atom. The molecule has 1 saturated carbocycles. The van der Waals surface area contributed by atoms with Crippen LogP contribution in [0.4, 0.5) is 13.2 Å². The second kappa shape index (κ2) is 6.86. The number of nitrogens with one attached hydrogen (secondary N) is 1. The fourth-order valence-electron chi connectivity index (χ4n) is 2.26. The summed E-state index contributed by atoms with van der Waals surface area (Å²) in [5.41, 5.74) is 0.713. The van der Waals surface area contributed by atoms with Crippen LogP contribution in [-0.2, 0) is 11.3 Å². The standard InChI is InChI=1S/C15H17F3N4O/c1-2-5-20-14(23)11(7-19)6-12-8-21-22(9-15(16,17)18)13(12)10-3-4-10/h6,8,10H,2-5,9H2,1H3,(H,20,23)/b11-6+. The van der Waals surface area contributed by atoms with Gasteiger partial charge in [-0.25, -0.2) is 0 Å². The third kappa shape index (κ3) is 4.58. The smallest absolute Gasteiger partial charge is 0.351 e. The molecule has 2 rings (SSSR count). The van der Waals surface area contributed by atoms with Crippen LogP contribution in [0.2, 0.25) is 0 Å². The predicted molar refractivity (Wildman–Crippen MR) is 77.1 cm³/mol. The van der Waals surface area contributed by atoms with Gasteiger partial charge >= 0.3 is 6.18 Å². The van der Waals surface area contributed by atoms with Crippen molar-refractivity contribution in [3.05, 3.63) is 23.0 Å². The lowest BCUT2D eigenvalue weighted by Crippen LogP contribution is -2.25. The molecule has 1 aliphatic rings. The molecule has 124 valence electrons. The van der Waals surface area contributed by atoms with Gasteiger partial charge < -0.3 is 5.32 Å². The number of rotatable bonds is 6. The summed E-state index contributed by atoms with van der Waals surface area (Å²) < 4.78 is 38.8. The summed E-state index contributed by atoms with van der Waals surface area (Å²) >= 11 is 0. The van der Waals surface area contributed by atoms with Gasteiger partial charge in [0.15, 0.2) is 0 Å². The fraction of sp³-hybridized carbons (Fsp3) is 0.533. The Kier molecular flexibility index (Phi) is 5.08. The van der Waals surface area contributed by atoms with E-state index in [9.17, 15) is 18.0 Å². The van der Waals surface area contributed by atoms with E-state index in [-0.39, 0.29) is 11.5 Å². The van der Waals surface area contributed by atoms with Gasteiger partial charge in [0, 0.05) is 23.7 Å². The summed E-state index contributed by atoms with van der Waals surface area (Å²) in [4.78, 5) is 11.9. The molecule has 0 aromatic carbocycles. The van der Waals surface area contributed by atoms with Gasteiger partial charge in [-0.05, 0) is 25.3 Å². The number of nitrogens with zero attached hydrogens (tertiary/aromatic N) is 3. The maximum atomic E-state index is 12.6. The van der Waals surface area contributed by atoms with Crippen molar-refractivity contribution in [2.24, 2.45) is 0 Å². The number of hydrogen-bond acceptors (Lipinski definition) is 3. The molecular weight excluding hydrogens is 309 g/mol. The number of carbonyl (C=O) groups excluding carboxylic acids is 1. The lowest BCUT2D eigenvalue weighted by Gasteiger charge is -2.10. The first-order chi connectivity index (χ1) is 10.9. The zero-order chi connectivity index (χ0) is 17.0. The van der Waals surface area contributed by atoms with Gasteiger partial charge in [-0.3, -0.25) is 9.48 Å². The van der Waals surface area contributed by atoms with Crippen molar-refractivity contribution >= 4 is 12.0 Å². The van der Waals surface area contributed by atoms with Crippen LogP contribution in [0.25, 0.3) is 6.08 Å². The molecule has 1 fully saturated rings. The Morgan fingerprint density at radius 1 is 1.57 bits per heavy atom. The minimum absolute atomic E-state index is 0.00439. The number of alkyl halides is 3. The largest absolute Gasteiger partial charge is 0.408 e. The average Bonchev–Trinajstić information content (AvgIpc) is 3.24. The van der Waals surface area contributed by atoms with E-state index in [2.05, 4.69) is 10.4 Å². The van der Waals surface area contributed by atoms with Gasteiger partial charge in [-0.15, -0.1) is 0 Å². The van der Waals surface area contributed by atoms with Crippen molar-refractivity contribution in [1.82, 2.24) is 15.1 Å². The van der Waals surface area contributed by atoms with Crippen molar-refractivity contribution in [3.8, 4) is 6.07 Å². The van der Waals surface area contributed by atoms with Crippen molar-refractivity contribution in [2.45, 2.75) is 44.8 Å². The molecule has 0 aliphatic heterocycles. The zero-order valence-electron chi connectivity index (χ0n) is 12.7. The monoisotopic (exact) mass is 326 g/mol. The highest BCUT2D eigenvalue weighted by molar-refractivity contribution is 6.01. The van der Waals surface area contributed by atoms with E-state index in [1.165, 1.54) is 12.3 Å². The molecule has 1 amide bonds. The maximum Gasteiger partial charge on any atom is 0.408 e. The van der Waals surface area contributed by atoms with Crippen LogP contribution >= 0.6 is 0 Å². The molecule has 0 atom stereocenters. The molecule has 1 aromatic rings. The number of nitriles is 1. The molecule has 1 aliphatic carbocycles. The van der Waals surface area contributed by atoms with Crippen LogP contribution in [0.5, 0.6) is 0 Å². The highest BCUT2D eigenvalue weighted by Crippen LogP contribution is 2.42. The van der Waals surface area contributed by atoms with Crippen LogP contribution in [0.3, 0.4) is 0 Å². The minimum Gasteiger partial charge on any atom is -0.351 e. The Morgan fingerprint density at radius 3 is 2.78 bits per heavy atom. The van der Waals surface area contributed by atoms with Crippen LogP contribution in [0, 0.1) is 11.3 Å². The Bertz CT molecular complexity index is 651. The molecule has 0 spiro atoms. The number of halogens is 3. The number of aromatic nitrogens is 2. The first kappa shape index (κ1) is 17.1. The molecule has 0 radical (unpaired) electrons. The summed E-state index contributed by atoms with van der Waals surface area (Å²) in [6.45, 7) is 1.14. The molecular formula is C15H17F3N4O. The van der Waals surface area contributed by atoms with E-state index in [1.54, 1.807) is 6.07 Å². The topological polar surface area (TPSA) is 70.7 Å². The molecule has 0 bridgehead atoms. The molecule has 1 aromatic heterocycles. The summed E-state index contributed by atoms with van der Waals surface area (Å²) in [5.74, 6) is -0.524. The Balaban J connectivity index is 2.30. The third-order valence-corrected chi connectivity index (χ3v) is 3.40. The van der Waals surface area contributed by atoms with Gasteiger partial charge in [-0.2, -0.15) is 23.5 Å². The molecule has 5 nitrogen and oxygen atoms in total. The van der Waals surface area contributed by atoms with E-state index < -0.39 is 18.6 Å². The minimum atomic E-state index is -4.37. The van der Waals surface area contributed by atoms with E-state index in [4.69, 9.17) is 5.26 Å². The summed E-state index contributed by atoms with van der Waals surface area (Å²) in [6, 6.07) is 1.79. The number of hydrogen-bond donors (Lipinski definition) is 1. The molecule has 0 unspecified atom stereocenters. The van der Waals surface area contributed by atoms with Crippen molar-refractivity contribution < 1.29 is 18.0 Å². The second-order valence-corrected chi connectivity index (χ2v) is 5.46. The van der Waals surface area contributed by atoms with Gasteiger partial charge in [-0.1, -0.05) is 6.92 Å². The van der Waals surface area contributed by atoms with Gasteiger partial charge in [0.1, 0.15) is 18.2 Å². The Labute approximate surface area is 131 Å². The highest BCUT2D eigenvalue weighted by Gasteiger charge is 2.35. The van der Waals surface area contributed by atoms with Crippen molar-refractivity contribution in [1.29, 1.82) is 5.26 Å². The van der Waals surface area contributed by atoms with E-state index >= 15 is 0 Å². The molecule has 1 N–H and O–H groups in total. The molecule has 8 heteroatoms. The summed E-state index contributed by atoms with van der Waals surface area (Å²) in [6.07, 6.45) is 0.527. The van der Waals surface area contributed by atoms with Crippen molar-refractivity contribution in [2.75, 3.05) is 6.54 Å². The number of carbonyl (C=O) groups is 1. The first-order valence-electron chi connectivity index (χ1n) is 7.38. The van der Waals surface area contributed by atoms with Crippen LogP contribution < -0.4 is 5.32 Å². The first-order valence-corrected chi connectivity index (χ1v) is 7.38. The Hall–Kier alpha value is -2.30. The molecule has 23 heavy (non-hydrogen) atoms. The van der Waals surface area contributed by atoms with E-state index in [0.29, 0.717) is 17.8 Å². The van der Waals surface area contributed by atoms with Gasteiger partial charge in [0.2, 0.25) is 0 Å². The summed E-state index contributed by atoms with van der Waals surface area (Å²) in [7, 11) is 0. The van der Waals surface area contributed by atoms with Crippen LogP contribution in [0.15, 0.2) is 11.8 Å². The SMILES string of the molecule is CCCNC(=O)/C(C#N)=C/c1cnn(CC(F)(F)F)c1C1CC1. The predicted octanol–water partition coefficient (Wildman–Crippen LogP) is 2.76. The van der Waals surface area contributed by atoms with Gasteiger partial charge in [0.25, 0.3) is 5.91 Å². The summed E-state index contributed by atoms with van der Waals surface area (Å²) in [5, 5.41) is 15.5. The van der Waals surface area contributed by atoms with Crippen molar-refractivity contribution in [3.63, 3.8) is 0 Å². The molecule has 0 saturated heterocycles. The van der Waals surface area contributed by atoms with E-state index in [0.717, 1.165) is 23.9 Å². The second-order valence-electron chi connectivity index (χ2n) is 5.46. The average molecular weight is 326 g/mol. The normalized spacial score (nSPS) is 15.3. The lowest BCUT2D eigenvalue weighted by molar-refractivity contribution is -0.143. The van der Waals surface area contributed by atoms with Crippen LogP contribution in [-0.4, -0.2) is 28.4 Å². The molecule has 1 heterocycles. The quantitative estimate of drug-likeness (QED) is 0.645. The van der Waals surface area contributed by atoms with Gasteiger partial charge in [0.05, 0.1) is 6.20 Å². The maximum absolute atomic E-state index is 12.6. The number of amides is 1. The van der Waals surface area contributed by atoms with E-state index in [1.807, 2.05) is 6.92 Å². The lowest BCUT2D eigenvalue weighted by atomic mass is 10.1. The zero-order valence-corrected chi connectivity index (χ0v) is 12.7. The van der Waals surface area contributed by atoms with Crippen LogP contribution in [0.1, 0.15) is 43.4 Å². The fourth-order valence-corrected chi connectivity index (χ4v) is 2.26. The third-order valence-electron chi connectivity index (χ3n) is 3.40.